The van der Waals surface area contributed by atoms with Gasteiger partial charge in [-0.2, -0.15) is 0 Å². The van der Waals surface area contributed by atoms with Crippen molar-refractivity contribution in [1.29, 1.82) is 0 Å². The molecule has 7 nitrogen and oxygen atoms in total. The number of para-hydroxylation sites is 2. The van der Waals surface area contributed by atoms with Crippen LogP contribution in [0.25, 0.3) is 0 Å². The number of carbonyl (C=O) groups is 1. The second-order valence-corrected chi connectivity index (χ2v) is 7.70. The molecule has 2 aromatic carbocycles. The lowest BCUT2D eigenvalue weighted by Crippen LogP contribution is -2.48. The van der Waals surface area contributed by atoms with Gasteiger partial charge in [-0.15, -0.1) is 0 Å². The number of amides is 1. The highest BCUT2D eigenvalue weighted by Gasteiger charge is 2.28. The lowest BCUT2D eigenvalue weighted by molar-refractivity contribution is 0.0616. The Hall–Kier alpha value is -3.39. The summed E-state index contributed by atoms with van der Waals surface area (Å²) in [7, 11) is 1.58. The highest BCUT2D eigenvalue weighted by Crippen LogP contribution is 2.28. The number of rotatable bonds is 7. The fraction of sp³-hybridized carbons (Fsp3) is 0.333. The Balaban J connectivity index is 1.38. The molecule has 2 heterocycles. The Bertz CT molecular complexity index is 1080. The molecule has 0 spiro atoms. The van der Waals surface area contributed by atoms with Crippen molar-refractivity contribution in [3.05, 3.63) is 76.9 Å². The van der Waals surface area contributed by atoms with Gasteiger partial charge in [0, 0.05) is 32.7 Å². The first kappa shape index (κ1) is 21.8. The van der Waals surface area contributed by atoms with Crippen LogP contribution in [0.3, 0.4) is 0 Å². The molecule has 0 radical (unpaired) electrons. The van der Waals surface area contributed by atoms with Crippen molar-refractivity contribution in [3.8, 4) is 11.5 Å². The predicted octanol–water partition coefficient (Wildman–Crippen LogP) is 3.67. The molecule has 0 saturated carbocycles. The van der Waals surface area contributed by atoms with Crippen LogP contribution in [-0.2, 0) is 13.2 Å². The van der Waals surface area contributed by atoms with Crippen LogP contribution in [0.1, 0.15) is 27.4 Å². The maximum absolute atomic E-state index is 13.4. The smallest absolute Gasteiger partial charge is 0.276 e. The number of nitrogens with zero attached hydrogens (tertiary/aromatic N) is 3. The Morgan fingerprint density at radius 1 is 1.09 bits per heavy atom. The largest absolute Gasteiger partial charge is 0.493 e. The average molecular weight is 439 g/mol. The van der Waals surface area contributed by atoms with Crippen LogP contribution in [0.2, 0.25) is 0 Å². The SMILES string of the molecule is COc1ccccc1OCc1c(C(=O)N2CCN(Cc3cccc(F)c3)CC2)noc1C. The molecule has 1 saturated heterocycles. The van der Waals surface area contributed by atoms with Gasteiger partial charge in [0.25, 0.3) is 5.91 Å². The van der Waals surface area contributed by atoms with Crippen LogP contribution in [0.5, 0.6) is 11.5 Å². The summed E-state index contributed by atoms with van der Waals surface area (Å²) in [6, 6.07) is 13.9. The van der Waals surface area contributed by atoms with E-state index >= 15 is 0 Å². The second kappa shape index (κ2) is 9.82. The number of carbonyl (C=O) groups excluding carboxylic acids is 1. The van der Waals surface area contributed by atoms with Crippen molar-refractivity contribution in [2.24, 2.45) is 0 Å². The molecule has 32 heavy (non-hydrogen) atoms. The lowest BCUT2D eigenvalue weighted by Gasteiger charge is -2.34. The van der Waals surface area contributed by atoms with Crippen LogP contribution in [0, 0.1) is 12.7 Å². The van der Waals surface area contributed by atoms with Crippen LogP contribution >= 0.6 is 0 Å². The fourth-order valence-corrected chi connectivity index (χ4v) is 3.77. The molecule has 0 atom stereocenters. The monoisotopic (exact) mass is 439 g/mol. The third-order valence-corrected chi connectivity index (χ3v) is 5.58. The van der Waals surface area contributed by atoms with Gasteiger partial charge in [-0.05, 0) is 36.8 Å². The zero-order valence-electron chi connectivity index (χ0n) is 18.2. The molecule has 1 aliphatic heterocycles. The van der Waals surface area contributed by atoms with Gasteiger partial charge in [0.1, 0.15) is 18.2 Å². The number of hydrogen-bond donors (Lipinski definition) is 0. The molecule has 8 heteroatoms. The number of piperazine rings is 1. The van der Waals surface area contributed by atoms with E-state index in [4.69, 9.17) is 14.0 Å². The van der Waals surface area contributed by atoms with E-state index in [9.17, 15) is 9.18 Å². The van der Waals surface area contributed by atoms with Gasteiger partial charge in [-0.1, -0.05) is 29.4 Å². The molecule has 0 unspecified atom stereocenters. The van der Waals surface area contributed by atoms with E-state index in [0.29, 0.717) is 55.5 Å². The maximum atomic E-state index is 13.4. The number of methoxy groups -OCH3 is 1. The molecular formula is C24H26FN3O4. The third kappa shape index (κ3) is 4.91. The quantitative estimate of drug-likeness (QED) is 0.560. The summed E-state index contributed by atoms with van der Waals surface area (Å²) in [5, 5.41) is 4.01. The number of aryl methyl sites for hydroxylation is 1. The van der Waals surface area contributed by atoms with Gasteiger partial charge in [-0.25, -0.2) is 4.39 Å². The van der Waals surface area contributed by atoms with Gasteiger partial charge in [-0.3, -0.25) is 9.69 Å². The topological polar surface area (TPSA) is 68.0 Å². The van der Waals surface area contributed by atoms with Crippen LogP contribution in [0.15, 0.2) is 53.1 Å². The first-order valence-electron chi connectivity index (χ1n) is 10.5. The van der Waals surface area contributed by atoms with Crippen molar-refractivity contribution in [1.82, 2.24) is 15.0 Å². The number of halogens is 1. The highest BCUT2D eigenvalue weighted by atomic mass is 19.1. The predicted molar refractivity (Wildman–Crippen MR) is 116 cm³/mol. The summed E-state index contributed by atoms with van der Waals surface area (Å²) in [6.07, 6.45) is 0. The van der Waals surface area contributed by atoms with E-state index in [0.717, 1.165) is 5.56 Å². The summed E-state index contributed by atoms with van der Waals surface area (Å²) >= 11 is 0. The molecule has 1 fully saturated rings. The molecule has 168 valence electrons. The first-order chi connectivity index (χ1) is 15.5. The molecule has 0 bridgehead atoms. The lowest BCUT2D eigenvalue weighted by atomic mass is 10.1. The van der Waals surface area contributed by atoms with E-state index in [1.807, 2.05) is 24.3 Å². The summed E-state index contributed by atoms with van der Waals surface area (Å²) in [4.78, 5) is 17.1. The van der Waals surface area contributed by atoms with E-state index in [1.54, 1.807) is 37.1 Å². The van der Waals surface area contributed by atoms with Crippen LogP contribution in [-0.4, -0.2) is 54.2 Å². The van der Waals surface area contributed by atoms with Gasteiger partial charge in [0.05, 0.1) is 12.7 Å². The van der Waals surface area contributed by atoms with E-state index < -0.39 is 0 Å². The van der Waals surface area contributed by atoms with Crippen molar-refractivity contribution >= 4 is 5.91 Å². The van der Waals surface area contributed by atoms with Crippen molar-refractivity contribution in [2.75, 3.05) is 33.3 Å². The van der Waals surface area contributed by atoms with E-state index in [2.05, 4.69) is 10.1 Å². The molecule has 4 rings (SSSR count). The Morgan fingerprint density at radius 2 is 1.84 bits per heavy atom. The molecule has 1 amide bonds. The zero-order chi connectivity index (χ0) is 22.5. The van der Waals surface area contributed by atoms with Crippen molar-refractivity contribution in [2.45, 2.75) is 20.1 Å². The molecule has 1 aliphatic rings. The number of hydrogen-bond acceptors (Lipinski definition) is 6. The molecular weight excluding hydrogens is 413 g/mol. The second-order valence-electron chi connectivity index (χ2n) is 7.70. The van der Waals surface area contributed by atoms with Gasteiger partial charge in [0.2, 0.25) is 0 Å². The Labute approximate surface area is 186 Å². The number of benzene rings is 2. The van der Waals surface area contributed by atoms with Gasteiger partial charge >= 0.3 is 0 Å². The van der Waals surface area contributed by atoms with Crippen molar-refractivity contribution < 1.29 is 23.2 Å². The minimum Gasteiger partial charge on any atom is -0.493 e. The standard InChI is InChI=1S/C24H26FN3O4/c1-17-20(16-31-22-9-4-3-8-21(22)30-2)23(26-32-17)24(29)28-12-10-27(11-13-28)15-18-6-5-7-19(25)14-18/h3-9,14H,10-13,15-16H2,1-2H3. The Kier molecular flexibility index (Phi) is 6.70. The summed E-state index contributed by atoms with van der Waals surface area (Å²) < 4.78 is 29.9. The molecule has 0 aliphatic carbocycles. The van der Waals surface area contributed by atoms with Gasteiger partial charge in [0.15, 0.2) is 17.2 Å². The minimum absolute atomic E-state index is 0.149. The Morgan fingerprint density at radius 3 is 2.56 bits per heavy atom. The van der Waals surface area contributed by atoms with Crippen LogP contribution in [0.4, 0.5) is 4.39 Å². The third-order valence-electron chi connectivity index (χ3n) is 5.58. The normalized spacial score (nSPS) is 14.4. The van der Waals surface area contributed by atoms with Crippen molar-refractivity contribution in [3.63, 3.8) is 0 Å². The van der Waals surface area contributed by atoms with Crippen LogP contribution < -0.4 is 9.47 Å². The molecule has 3 aromatic rings. The number of ether oxygens (including phenoxy) is 2. The molecule has 0 N–H and O–H groups in total. The highest BCUT2D eigenvalue weighted by molar-refractivity contribution is 5.93. The summed E-state index contributed by atoms with van der Waals surface area (Å²) in [5.74, 6) is 1.34. The van der Waals surface area contributed by atoms with E-state index in [-0.39, 0.29) is 24.0 Å². The van der Waals surface area contributed by atoms with Gasteiger partial charge < -0.3 is 18.9 Å². The van der Waals surface area contributed by atoms with E-state index in [1.165, 1.54) is 6.07 Å². The first-order valence-corrected chi connectivity index (χ1v) is 10.5. The average Bonchev–Trinajstić information content (AvgIpc) is 3.18. The minimum atomic E-state index is -0.236. The molecule has 1 aromatic heterocycles. The summed E-state index contributed by atoms with van der Waals surface area (Å²) in [5.41, 5.74) is 1.83. The maximum Gasteiger partial charge on any atom is 0.276 e. The number of aromatic nitrogens is 1. The fourth-order valence-electron chi connectivity index (χ4n) is 3.77. The zero-order valence-corrected chi connectivity index (χ0v) is 18.2. The summed E-state index contributed by atoms with van der Waals surface area (Å²) in [6.45, 7) is 5.09.